The van der Waals surface area contributed by atoms with Gasteiger partial charge in [-0.25, -0.2) is 0 Å². The molecule has 142 valence electrons. The largest absolute Gasteiger partial charge is 0.369 e. The molecule has 0 bridgehead atoms. The molecule has 1 aromatic carbocycles. The van der Waals surface area contributed by atoms with Crippen LogP contribution >= 0.6 is 0 Å². The van der Waals surface area contributed by atoms with Gasteiger partial charge < -0.3 is 11.1 Å². The Morgan fingerprint density at radius 1 is 1.19 bits per heavy atom. The summed E-state index contributed by atoms with van der Waals surface area (Å²) in [5, 5.41) is 3.24. The molecule has 6 heteroatoms. The quantitative estimate of drug-likeness (QED) is 0.816. The summed E-state index contributed by atoms with van der Waals surface area (Å²) in [6, 6.07) is 11.8. The molecule has 2 amide bonds. The Morgan fingerprint density at radius 3 is 2.48 bits per heavy atom. The van der Waals surface area contributed by atoms with Gasteiger partial charge in [0.05, 0.1) is 12.6 Å². The van der Waals surface area contributed by atoms with Gasteiger partial charge in [-0.1, -0.05) is 24.3 Å². The van der Waals surface area contributed by atoms with Crippen LogP contribution in [0.25, 0.3) is 0 Å². The van der Waals surface area contributed by atoms with E-state index in [2.05, 4.69) is 29.4 Å². The van der Waals surface area contributed by atoms with E-state index in [1.807, 2.05) is 29.2 Å². The number of hydrogen-bond donors (Lipinski definition) is 2. The molecule has 1 aliphatic rings. The fourth-order valence-electron chi connectivity index (χ4n) is 3.64. The zero-order valence-electron chi connectivity index (χ0n) is 15.6. The number of pyridine rings is 1. The van der Waals surface area contributed by atoms with Gasteiger partial charge in [0.15, 0.2) is 0 Å². The number of aromatic nitrogens is 1. The highest BCUT2D eigenvalue weighted by Crippen LogP contribution is 2.26. The lowest BCUT2D eigenvalue weighted by Crippen LogP contribution is -2.44. The average Bonchev–Trinajstić information content (AvgIpc) is 2.67. The van der Waals surface area contributed by atoms with E-state index in [9.17, 15) is 9.59 Å². The van der Waals surface area contributed by atoms with Crippen molar-refractivity contribution in [1.82, 2.24) is 15.2 Å². The molecule has 0 unspecified atom stereocenters. The van der Waals surface area contributed by atoms with E-state index in [0.29, 0.717) is 13.1 Å². The number of nitrogens with two attached hydrogens (primary N) is 1. The number of hydrogen-bond acceptors (Lipinski definition) is 4. The molecule has 27 heavy (non-hydrogen) atoms. The molecule has 0 radical (unpaired) electrons. The number of primary amides is 1. The van der Waals surface area contributed by atoms with Gasteiger partial charge in [-0.15, -0.1) is 0 Å². The first kappa shape index (κ1) is 19.0. The highest BCUT2D eigenvalue weighted by molar-refractivity contribution is 5.80. The third kappa shape index (κ3) is 4.92. The fourth-order valence-corrected chi connectivity index (χ4v) is 3.64. The monoisotopic (exact) mass is 366 g/mol. The van der Waals surface area contributed by atoms with Crippen molar-refractivity contribution in [1.29, 1.82) is 0 Å². The molecule has 2 heterocycles. The summed E-state index contributed by atoms with van der Waals surface area (Å²) in [6.07, 6.45) is 4.95. The van der Waals surface area contributed by atoms with Crippen LogP contribution < -0.4 is 11.1 Å². The van der Waals surface area contributed by atoms with E-state index in [0.717, 1.165) is 29.5 Å². The third-order valence-electron chi connectivity index (χ3n) is 5.16. The van der Waals surface area contributed by atoms with Crippen molar-refractivity contribution in [3.63, 3.8) is 0 Å². The zero-order valence-corrected chi connectivity index (χ0v) is 15.6. The van der Waals surface area contributed by atoms with E-state index in [1.54, 1.807) is 12.4 Å². The highest BCUT2D eigenvalue weighted by Gasteiger charge is 2.28. The number of carbonyl (C=O) groups is 2. The Morgan fingerprint density at radius 2 is 1.85 bits per heavy atom. The molecular weight excluding hydrogens is 340 g/mol. The van der Waals surface area contributed by atoms with Crippen LogP contribution in [-0.4, -0.2) is 41.3 Å². The smallest absolute Gasteiger partial charge is 0.231 e. The Balaban J connectivity index is 1.72. The van der Waals surface area contributed by atoms with E-state index < -0.39 is 0 Å². The maximum atomic E-state index is 13.0. The van der Waals surface area contributed by atoms with Crippen molar-refractivity contribution in [2.24, 2.45) is 11.7 Å². The van der Waals surface area contributed by atoms with Crippen LogP contribution in [0, 0.1) is 12.8 Å². The minimum absolute atomic E-state index is 0.0533. The van der Waals surface area contributed by atoms with Crippen LogP contribution in [0.4, 0.5) is 0 Å². The van der Waals surface area contributed by atoms with Gasteiger partial charge in [-0.05, 0) is 61.7 Å². The predicted molar refractivity (Wildman–Crippen MR) is 104 cm³/mol. The normalized spacial score (nSPS) is 16.6. The standard InChI is InChI=1S/C21H26N4O2/c1-15-4-2-3-5-18(15)20(16-6-10-23-11-7-16)24-21(27)17-8-12-25(13-9-17)14-19(22)26/h2-7,10-11,17,20H,8-9,12-14H2,1H3,(H2,22,26)(H,24,27)/t20-/m1/s1. The second-order valence-corrected chi connectivity index (χ2v) is 7.10. The summed E-state index contributed by atoms with van der Waals surface area (Å²) in [6.45, 7) is 3.74. The summed E-state index contributed by atoms with van der Waals surface area (Å²) in [5.41, 5.74) is 8.50. The zero-order chi connectivity index (χ0) is 19.2. The molecule has 1 aromatic heterocycles. The summed E-state index contributed by atoms with van der Waals surface area (Å²) in [7, 11) is 0. The topological polar surface area (TPSA) is 88.3 Å². The summed E-state index contributed by atoms with van der Waals surface area (Å²) >= 11 is 0. The fraction of sp³-hybridized carbons (Fsp3) is 0.381. The van der Waals surface area contributed by atoms with Crippen molar-refractivity contribution >= 4 is 11.8 Å². The van der Waals surface area contributed by atoms with Crippen LogP contribution in [0.3, 0.4) is 0 Å². The first-order valence-electron chi connectivity index (χ1n) is 9.31. The molecule has 6 nitrogen and oxygen atoms in total. The second kappa shape index (κ2) is 8.77. The van der Waals surface area contributed by atoms with Crippen molar-refractivity contribution in [2.75, 3.05) is 19.6 Å². The van der Waals surface area contributed by atoms with Gasteiger partial charge in [-0.3, -0.25) is 19.5 Å². The number of aryl methyl sites for hydroxylation is 1. The van der Waals surface area contributed by atoms with Crippen LogP contribution in [0.5, 0.6) is 0 Å². The number of rotatable bonds is 6. The van der Waals surface area contributed by atoms with E-state index >= 15 is 0 Å². The molecular formula is C21H26N4O2. The maximum absolute atomic E-state index is 13.0. The number of benzene rings is 1. The van der Waals surface area contributed by atoms with Gasteiger partial charge in [-0.2, -0.15) is 0 Å². The van der Waals surface area contributed by atoms with Gasteiger partial charge in [0.25, 0.3) is 0 Å². The molecule has 1 atom stereocenters. The number of nitrogens with one attached hydrogen (secondary N) is 1. The molecule has 1 fully saturated rings. The van der Waals surface area contributed by atoms with Gasteiger partial charge in [0.1, 0.15) is 0 Å². The van der Waals surface area contributed by atoms with Gasteiger partial charge >= 0.3 is 0 Å². The number of piperidine rings is 1. The van der Waals surface area contributed by atoms with Crippen LogP contribution in [0.15, 0.2) is 48.8 Å². The third-order valence-corrected chi connectivity index (χ3v) is 5.16. The van der Waals surface area contributed by atoms with Crippen molar-refractivity contribution in [3.05, 3.63) is 65.5 Å². The second-order valence-electron chi connectivity index (χ2n) is 7.10. The Bertz CT molecular complexity index is 786. The lowest BCUT2D eigenvalue weighted by atomic mass is 9.92. The van der Waals surface area contributed by atoms with Gasteiger partial charge in [0.2, 0.25) is 11.8 Å². The highest BCUT2D eigenvalue weighted by atomic mass is 16.2. The van der Waals surface area contributed by atoms with Crippen LogP contribution in [0.2, 0.25) is 0 Å². The van der Waals surface area contributed by atoms with E-state index in [-0.39, 0.29) is 30.3 Å². The average molecular weight is 366 g/mol. The first-order valence-corrected chi connectivity index (χ1v) is 9.31. The Labute approximate surface area is 159 Å². The predicted octanol–water partition coefficient (Wildman–Crippen LogP) is 1.79. The number of carbonyl (C=O) groups excluding carboxylic acids is 2. The number of nitrogens with zero attached hydrogens (tertiary/aromatic N) is 2. The van der Waals surface area contributed by atoms with E-state index in [4.69, 9.17) is 5.73 Å². The molecule has 1 saturated heterocycles. The van der Waals surface area contributed by atoms with Crippen molar-refractivity contribution in [2.45, 2.75) is 25.8 Å². The van der Waals surface area contributed by atoms with Crippen LogP contribution in [-0.2, 0) is 9.59 Å². The molecule has 3 rings (SSSR count). The number of amides is 2. The molecule has 0 aliphatic carbocycles. The van der Waals surface area contributed by atoms with Crippen molar-refractivity contribution in [3.8, 4) is 0 Å². The molecule has 2 aromatic rings. The van der Waals surface area contributed by atoms with Crippen LogP contribution in [0.1, 0.15) is 35.6 Å². The number of likely N-dealkylation sites (tertiary alicyclic amines) is 1. The minimum atomic E-state index is -0.324. The van der Waals surface area contributed by atoms with Crippen molar-refractivity contribution < 1.29 is 9.59 Å². The molecule has 0 saturated carbocycles. The summed E-state index contributed by atoms with van der Waals surface area (Å²) in [4.78, 5) is 30.1. The van der Waals surface area contributed by atoms with Gasteiger partial charge in [0, 0.05) is 18.3 Å². The first-order chi connectivity index (χ1) is 13.0. The summed E-state index contributed by atoms with van der Waals surface area (Å²) < 4.78 is 0. The maximum Gasteiger partial charge on any atom is 0.231 e. The summed E-state index contributed by atoms with van der Waals surface area (Å²) in [5.74, 6) is -0.323. The molecule has 3 N–H and O–H groups in total. The Hall–Kier alpha value is -2.73. The SMILES string of the molecule is Cc1ccccc1[C@H](NC(=O)C1CCN(CC(N)=O)CC1)c1ccncc1. The molecule has 0 spiro atoms. The molecule has 1 aliphatic heterocycles. The lowest BCUT2D eigenvalue weighted by molar-refractivity contribution is -0.127. The lowest BCUT2D eigenvalue weighted by Gasteiger charge is -2.31. The van der Waals surface area contributed by atoms with E-state index in [1.165, 1.54) is 0 Å². The Kier molecular flexibility index (Phi) is 6.19. The minimum Gasteiger partial charge on any atom is -0.369 e.